The number of aliphatic hydroxyl groups is 15. The van der Waals surface area contributed by atoms with Crippen molar-refractivity contribution < 1.29 is 144 Å². The van der Waals surface area contributed by atoms with Gasteiger partial charge >= 0.3 is 11.9 Å². The van der Waals surface area contributed by atoms with E-state index in [1.807, 2.05) is 0 Å². The number of carbonyl (C=O) groups is 12. The van der Waals surface area contributed by atoms with Crippen LogP contribution in [-0.2, 0) is 59.3 Å². The van der Waals surface area contributed by atoms with Crippen molar-refractivity contribution in [2.75, 3.05) is 56.3 Å². The minimum atomic E-state index is -2.13. The third kappa shape index (κ3) is 31.0. The van der Waals surface area contributed by atoms with Gasteiger partial charge in [0.1, 0.15) is 72.8 Å². The quantitative estimate of drug-likeness (QED) is 0.0233. The van der Waals surface area contributed by atoms with Crippen molar-refractivity contribution in [1.29, 1.82) is 0 Å². The Kier molecular flexibility index (Phi) is 40.1. The van der Waals surface area contributed by atoms with Gasteiger partial charge in [-0.2, -0.15) is 17.6 Å². The molecule has 0 unspecified atom stereocenters. The highest BCUT2D eigenvalue weighted by atomic mass is 32.1. The van der Waals surface area contributed by atoms with E-state index >= 15 is 0 Å². The Morgan fingerprint density at radius 1 is 0.500 bits per heavy atom. The Labute approximate surface area is 620 Å². The number of nitrogen functional groups attached to an aromatic ring is 1. The van der Waals surface area contributed by atoms with Crippen molar-refractivity contribution in [3.05, 3.63) is 52.1 Å². The van der Waals surface area contributed by atoms with Crippen LogP contribution < -0.4 is 53.8 Å². The summed E-state index contributed by atoms with van der Waals surface area (Å²) in [6.07, 6.45) is -30.1. The summed E-state index contributed by atoms with van der Waals surface area (Å²) in [4.78, 5) is 188. The largest absolute Gasteiger partial charge is 0.480 e. The van der Waals surface area contributed by atoms with Crippen molar-refractivity contribution >= 4 is 106 Å². The molecule has 0 aliphatic heterocycles. The summed E-state index contributed by atoms with van der Waals surface area (Å²) < 4.78 is 0. The molecule has 44 heteroatoms. The number of hydrogen-bond acceptors (Lipinski definition) is 34. The molecule has 19 atom stereocenters. The van der Waals surface area contributed by atoms with E-state index in [-0.39, 0.29) is 29.2 Å². The van der Waals surface area contributed by atoms with Crippen LogP contribution in [0.3, 0.4) is 0 Å². The van der Waals surface area contributed by atoms with Gasteiger partial charge < -0.3 is 135 Å². The van der Waals surface area contributed by atoms with Crippen LogP contribution in [0.5, 0.6) is 0 Å². The standard InChI is InChI=1S/C64H97N13O30S/c1-27(38(82)16-31(6-13-47(91)68-21-41(85)51(94)54(97)44(88)24-79)59(101)72-28(2)39(83)17-32(60(102)75-37(26-108)63(106)107)7-14-48(92)69-22-42(86)52(95)55(98)45(89)25-80)71-58(100)30(5-12-46(90)67-20-40(84)50(93)53(96)43(87)23-78)15-35(81)10-11-36(62(104)105)74-57(99)29-3-8-33(9-4-29)66-18-34-19-70-56-49(73-34)61(103)77-64(65)76-56/h3-4,8-9,19,27-28,30-32,36-37,40-45,50-55,66,78-80,84-89,93-98,108H,5-7,10-18,20-26H2,1-2H3,(H,67,90)(H,68,91)(H,69,92)(H,71,100)(H,72,101)(H,74,99)(H,75,102)(H,104,105)(H,106,107)(H3,65,70,76,77,103)/t27-,28-,30-,31-,32-,36+,37-,40+,41+,42+,43-,44-,45-,50-,51-,52-,53-,54-,55-/m1/s1. The molecule has 0 spiro atoms. The maximum atomic E-state index is 14.2. The van der Waals surface area contributed by atoms with Crippen LogP contribution in [0.2, 0.25) is 0 Å². The highest BCUT2D eigenvalue weighted by Gasteiger charge is 2.37. The molecule has 0 radical (unpaired) electrons. The average molecular weight is 1560 g/mol. The van der Waals surface area contributed by atoms with Gasteiger partial charge in [0, 0.05) is 99.3 Å². The molecule has 1 aromatic carbocycles. The summed E-state index contributed by atoms with van der Waals surface area (Å²) >= 11 is 3.91. The first-order chi connectivity index (χ1) is 50.8. The van der Waals surface area contributed by atoms with Crippen molar-refractivity contribution in [3.63, 3.8) is 0 Å². The van der Waals surface area contributed by atoms with Gasteiger partial charge in [0.25, 0.3) is 11.5 Å². The summed E-state index contributed by atoms with van der Waals surface area (Å²) in [5.41, 5.74) is 5.62. The number of Topliss-reactive ketones (excluding diaryl/α,β-unsaturated/α-hetero) is 3. The molecule has 0 saturated heterocycles. The molecule has 2 heterocycles. The number of nitrogens with two attached hydrogens (primary N) is 1. The van der Waals surface area contributed by atoms with Crippen LogP contribution in [0.1, 0.15) is 101 Å². The maximum Gasteiger partial charge on any atom is 0.327 e. The van der Waals surface area contributed by atoms with Crippen molar-refractivity contribution in [1.82, 2.24) is 57.2 Å². The number of anilines is 2. The lowest BCUT2D eigenvalue weighted by Crippen LogP contribution is -2.50. The number of rotatable bonds is 52. The number of aliphatic carboxylic acids is 2. The number of aliphatic hydroxyl groups excluding tert-OH is 15. The van der Waals surface area contributed by atoms with Crippen molar-refractivity contribution in [2.45, 2.75) is 188 Å². The van der Waals surface area contributed by atoms with Gasteiger partial charge in [-0.3, -0.25) is 57.7 Å². The fourth-order valence-corrected chi connectivity index (χ4v) is 10.4. The first kappa shape index (κ1) is 93.2. The first-order valence-corrected chi connectivity index (χ1v) is 34.4. The minimum absolute atomic E-state index is 0.0122. The zero-order chi connectivity index (χ0) is 81.4. The predicted molar refractivity (Wildman–Crippen MR) is 372 cm³/mol. The number of carboxylic acid groups (broad SMARTS) is 2. The van der Waals surface area contributed by atoms with Gasteiger partial charge in [-0.05, 0) is 63.8 Å². The average Bonchev–Trinajstić information content (AvgIpc) is 0.811. The van der Waals surface area contributed by atoms with Crippen LogP contribution in [0.25, 0.3) is 11.2 Å². The Hall–Kier alpha value is -8.97. The molecular weight excluding hydrogens is 1460 g/mol. The van der Waals surface area contributed by atoms with Crippen molar-refractivity contribution in [3.8, 4) is 0 Å². The lowest BCUT2D eigenvalue weighted by atomic mass is 9.90. The van der Waals surface area contributed by atoms with E-state index in [2.05, 4.69) is 75.1 Å². The second-order valence-corrected chi connectivity index (χ2v) is 25.8. The van der Waals surface area contributed by atoms with Gasteiger partial charge in [0.05, 0.1) is 68.7 Å². The molecule has 3 rings (SSSR count). The first-order valence-electron chi connectivity index (χ1n) is 33.8. The summed E-state index contributed by atoms with van der Waals surface area (Å²) in [6.45, 7) is -3.14. The van der Waals surface area contributed by atoms with Gasteiger partial charge in [-0.15, -0.1) is 0 Å². The number of fused-ring (bicyclic) bond motifs is 1. The van der Waals surface area contributed by atoms with E-state index < -0.39 is 307 Å². The summed E-state index contributed by atoms with van der Waals surface area (Å²) in [7, 11) is 0. The van der Waals surface area contributed by atoms with E-state index in [0.717, 1.165) is 13.8 Å². The molecule has 0 saturated carbocycles. The zero-order valence-corrected chi connectivity index (χ0v) is 59.5. The molecule has 43 nitrogen and oxygen atoms in total. The van der Waals surface area contributed by atoms with Crippen LogP contribution in [0.15, 0.2) is 35.3 Å². The lowest BCUT2D eigenvalue weighted by Gasteiger charge is -2.26. The normalized spacial score (nSPS) is 16.8. The monoisotopic (exact) mass is 1560 g/mol. The van der Waals surface area contributed by atoms with Crippen LogP contribution in [0, 0.1) is 17.8 Å². The molecule has 604 valence electrons. The lowest BCUT2D eigenvalue weighted by molar-refractivity contribution is -0.142. The number of ketones is 3. The summed E-state index contributed by atoms with van der Waals surface area (Å²) in [5, 5.41) is 187. The highest BCUT2D eigenvalue weighted by Crippen LogP contribution is 2.22. The Morgan fingerprint density at radius 3 is 1.28 bits per heavy atom. The third-order valence-corrected chi connectivity index (χ3v) is 17.4. The number of hydrogen-bond donors (Lipinski definition) is 28. The SMILES string of the molecule is C[C@@H](NC(=O)[C@H](CCC(=O)NC[C@H](O)[C@@H](O)[C@H](O)[C@H](O)CO)CC(=O)CC[C@H](NC(=O)c1ccc(NCc2cnc3nc(N)[nH]c(=O)c3n2)cc1)C(=O)O)C(=O)C[C@@H](CCC(=O)NC[C@H](O)[C@@H](O)[C@H](O)[C@H](O)CO)C(=O)N[C@H](C)C(=O)C[C@@H](CCC(=O)NC[C@H](O)[C@@H](O)[C@H](O)[C@H](O)CO)C(=O)N[C@H](CS)C(=O)O. The number of benzene rings is 1. The molecule has 108 heavy (non-hydrogen) atoms. The molecular formula is C64H97N13O30S. The fourth-order valence-electron chi connectivity index (χ4n) is 10.2. The molecule has 0 fully saturated rings. The zero-order valence-electron chi connectivity index (χ0n) is 58.6. The van der Waals surface area contributed by atoms with Gasteiger partial charge in [0.15, 0.2) is 22.7 Å². The van der Waals surface area contributed by atoms with E-state index in [9.17, 15) is 134 Å². The van der Waals surface area contributed by atoms with E-state index in [1.54, 1.807) is 0 Å². The number of carboxylic acids is 2. The van der Waals surface area contributed by atoms with Crippen molar-refractivity contribution in [2.24, 2.45) is 17.8 Å². The van der Waals surface area contributed by atoms with Gasteiger partial charge in [-0.1, -0.05) is 0 Å². The van der Waals surface area contributed by atoms with Crippen LogP contribution in [-0.4, -0.2) is 320 Å². The van der Waals surface area contributed by atoms with Gasteiger partial charge in [0.2, 0.25) is 41.4 Å². The molecule has 0 aliphatic carbocycles. The Morgan fingerprint density at radius 2 is 0.889 bits per heavy atom. The third-order valence-electron chi connectivity index (χ3n) is 17.0. The minimum Gasteiger partial charge on any atom is -0.480 e. The Balaban J connectivity index is 1.88. The number of amides is 7. The van der Waals surface area contributed by atoms with Crippen LogP contribution >= 0.6 is 12.6 Å². The topological polar surface area (TPSA) is 743 Å². The maximum absolute atomic E-state index is 14.2. The summed E-state index contributed by atoms with van der Waals surface area (Å²) in [6, 6.07) is -1.00. The number of aromatic nitrogens is 4. The molecule has 0 bridgehead atoms. The van der Waals surface area contributed by atoms with Crippen LogP contribution in [0.4, 0.5) is 11.6 Å². The Bertz CT molecular complexity index is 3570. The number of nitrogens with zero attached hydrogens (tertiary/aromatic N) is 3. The van der Waals surface area contributed by atoms with E-state index in [4.69, 9.17) is 21.1 Å². The molecule has 2 aromatic heterocycles. The van der Waals surface area contributed by atoms with E-state index in [1.165, 1.54) is 30.5 Å². The second kappa shape index (κ2) is 46.4. The number of aromatic amines is 1. The number of H-pyrrole nitrogens is 1. The number of thiol groups is 1. The predicted octanol–water partition coefficient (Wildman–Crippen LogP) is -10.9. The smallest absolute Gasteiger partial charge is 0.327 e. The molecule has 28 N–H and O–H groups in total. The molecule has 0 aliphatic rings. The highest BCUT2D eigenvalue weighted by molar-refractivity contribution is 7.80. The summed E-state index contributed by atoms with van der Waals surface area (Å²) in [5.74, 6) is -18.4. The second-order valence-electron chi connectivity index (χ2n) is 25.5. The number of carbonyl (C=O) groups excluding carboxylic acids is 10. The number of nitrogens with one attached hydrogen (secondary N) is 9. The van der Waals surface area contributed by atoms with E-state index in [0.29, 0.717) is 11.4 Å². The fraction of sp³-hybridized carbons (Fsp3) is 0.625. The molecule has 7 amide bonds. The molecule has 3 aromatic rings. The van der Waals surface area contributed by atoms with Gasteiger partial charge in [-0.25, -0.2) is 19.6 Å².